The second-order valence-corrected chi connectivity index (χ2v) is 9.80. The Bertz CT molecular complexity index is 1020. The van der Waals surface area contributed by atoms with Crippen molar-refractivity contribution in [2.24, 2.45) is 0 Å². The Morgan fingerprint density at radius 3 is 2.41 bits per heavy atom. The summed E-state index contributed by atoms with van der Waals surface area (Å²) in [4.78, 5) is 15.4. The minimum atomic E-state index is -3.66. The van der Waals surface area contributed by atoms with E-state index in [1.54, 1.807) is 32.9 Å². The van der Waals surface area contributed by atoms with Crippen molar-refractivity contribution in [2.75, 3.05) is 45.9 Å². The second-order valence-electron chi connectivity index (χ2n) is 7.89. The summed E-state index contributed by atoms with van der Waals surface area (Å²) in [5.74, 6) is 1.29. The van der Waals surface area contributed by atoms with Crippen molar-refractivity contribution in [3.63, 3.8) is 0 Å². The van der Waals surface area contributed by atoms with Crippen LogP contribution >= 0.6 is 0 Å². The minimum Gasteiger partial charge on any atom is -0.465 e. The van der Waals surface area contributed by atoms with Gasteiger partial charge in [-0.15, -0.1) is 0 Å². The Balaban J connectivity index is 1.80. The maximum absolute atomic E-state index is 13.0. The fraction of sp³-hybridized carbons (Fsp3) is 0.522. The highest BCUT2D eigenvalue weighted by atomic mass is 32.2. The Kier molecular flexibility index (Phi) is 8.10. The zero-order chi connectivity index (χ0) is 23.3. The van der Waals surface area contributed by atoms with Crippen molar-refractivity contribution in [1.82, 2.24) is 14.5 Å². The summed E-state index contributed by atoms with van der Waals surface area (Å²) in [7, 11) is -3.66. The van der Waals surface area contributed by atoms with E-state index in [0.717, 1.165) is 24.6 Å². The number of aryl methyl sites for hydroxylation is 2. The van der Waals surface area contributed by atoms with Crippen molar-refractivity contribution in [3.05, 3.63) is 53.0 Å². The van der Waals surface area contributed by atoms with Gasteiger partial charge in [-0.25, -0.2) is 8.42 Å². The Morgan fingerprint density at radius 1 is 1.12 bits per heavy atom. The van der Waals surface area contributed by atoms with Crippen molar-refractivity contribution in [1.29, 1.82) is 0 Å². The first-order valence-corrected chi connectivity index (χ1v) is 12.5. The first-order valence-electron chi connectivity index (χ1n) is 11.0. The van der Waals surface area contributed by atoms with Crippen LogP contribution in [0.3, 0.4) is 0 Å². The number of sulfonamides is 1. The molecule has 32 heavy (non-hydrogen) atoms. The van der Waals surface area contributed by atoms with Crippen LogP contribution in [-0.2, 0) is 14.8 Å². The predicted octanol–water partition coefficient (Wildman–Crippen LogP) is 2.73. The molecule has 2 heterocycles. The minimum absolute atomic E-state index is 0.124. The second kappa shape index (κ2) is 10.6. The molecular weight excluding hydrogens is 430 g/mol. The quantitative estimate of drug-likeness (QED) is 0.615. The average molecular weight is 464 g/mol. The van der Waals surface area contributed by atoms with E-state index < -0.39 is 10.0 Å². The average Bonchev–Trinajstić information content (AvgIpc) is 3.21. The molecule has 1 saturated heterocycles. The number of nitrogens with one attached hydrogen (secondary N) is 1. The van der Waals surface area contributed by atoms with Gasteiger partial charge in [0.1, 0.15) is 11.5 Å². The van der Waals surface area contributed by atoms with E-state index in [1.165, 1.54) is 10.4 Å². The van der Waals surface area contributed by atoms with Crippen LogP contribution in [0.1, 0.15) is 47.3 Å². The highest BCUT2D eigenvalue weighted by Crippen LogP contribution is 2.24. The SMILES string of the molecule is CCN(CC)S(=O)(=O)c1cc(C(=O)NC[C@@H](c2ccc(C)o2)N2CCOCC2)ccc1C. The van der Waals surface area contributed by atoms with E-state index in [-0.39, 0.29) is 16.8 Å². The van der Waals surface area contributed by atoms with Crippen LogP contribution < -0.4 is 5.32 Å². The van der Waals surface area contributed by atoms with E-state index >= 15 is 0 Å². The van der Waals surface area contributed by atoms with Crippen LogP contribution in [0.4, 0.5) is 0 Å². The molecule has 0 radical (unpaired) electrons. The molecular formula is C23H33N3O5S. The zero-order valence-electron chi connectivity index (χ0n) is 19.3. The molecule has 1 N–H and O–H groups in total. The molecule has 176 valence electrons. The summed E-state index contributed by atoms with van der Waals surface area (Å²) in [5, 5.41) is 2.97. The lowest BCUT2D eigenvalue weighted by Crippen LogP contribution is -2.43. The largest absolute Gasteiger partial charge is 0.465 e. The molecule has 8 nitrogen and oxygen atoms in total. The number of hydrogen-bond acceptors (Lipinski definition) is 6. The van der Waals surface area contributed by atoms with Crippen LogP contribution in [0.5, 0.6) is 0 Å². The molecule has 1 amide bonds. The molecule has 2 aromatic rings. The normalized spacial score (nSPS) is 16.3. The molecule has 1 aliphatic heterocycles. The molecule has 1 fully saturated rings. The van der Waals surface area contributed by atoms with Crippen LogP contribution in [0.15, 0.2) is 39.6 Å². The first kappa shape index (κ1) is 24.4. The number of ether oxygens (including phenoxy) is 1. The summed E-state index contributed by atoms with van der Waals surface area (Å²) in [6.07, 6.45) is 0. The van der Waals surface area contributed by atoms with E-state index in [1.807, 2.05) is 19.1 Å². The number of furan rings is 1. The van der Waals surface area contributed by atoms with Gasteiger partial charge >= 0.3 is 0 Å². The maximum Gasteiger partial charge on any atom is 0.251 e. The molecule has 9 heteroatoms. The molecule has 0 aliphatic carbocycles. The third-order valence-electron chi connectivity index (χ3n) is 5.81. The van der Waals surface area contributed by atoms with Crippen molar-refractivity contribution in [3.8, 4) is 0 Å². The van der Waals surface area contributed by atoms with Crippen molar-refractivity contribution < 1.29 is 22.4 Å². The summed E-state index contributed by atoms with van der Waals surface area (Å²) >= 11 is 0. The van der Waals surface area contributed by atoms with Gasteiger partial charge in [-0.05, 0) is 43.7 Å². The Labute approximate surface area is 190 Å². The summed E-state index contributed by atoms with van der Waals surface area (Å²) in [5.41, 5.74) is 0.934. The molecule has 0 unspecified atom stereocenters. The summed E-state index contributed by atoms with van der Waals surface area (Å²) in [6, 6.07) is 8.53. The van der Waals surface area contributed by atoms with Gasteiger partial charge in [0.25, 0.3) is 5.91 Å². The zero-order valence-corrected chi connectivity index (χ0v) is 20.1. The van der Waals surface area contributed by atoms with Gasteiger partial charge in [-0.2, -0.15) is 4.31 Å². The van der Waals surface area contributed by atoms with Crippen LogP contribution in [0.2, 0.25) is 0 Å². The first-order chi connectivity index (χ1) is 15.3. The topological polar surface area (TPSA) is 92.1 Å². The van der Waals surface area contributed by atoms with E-state index in [4.69, 9.17) is 9.15 Å². The Hall–Kier alpha value is -2.20. The third kappa shape index (κ3) is 5.40. The monoisotopic (exact) mass is 463 g/mol. The molecule has 1 atom stereocenters. The predicted molar refractivity (Wildman–Crippen MR) is 122 cm³/mol. The van der Waals surface area contributed by atoms with Gasteiger partial charge in [-0.3, -0.25) is 9.69 Å². The van der Waals surface area contributed by atoms with E-state index in [2.05, 4.69) is 10.2 Å². The standard InChI is InChI=1S/C23H33N3O5S/c1-5-26(6-2)32(28,29)22-15-19(9-7-17(22)3)23(27)24-16-20(21-10-8-18(4)31-21)25-11-13-30-14-12-25/h7-10,15,20H,5-6,11-14,16H2,1-4H3,(H,24,27)/t20-/m0/s1. The lowest BCUT2D eigenvalue weighted by molar-refractivity contribution is 0.0117. The number of rotatable bonds is 9. The number of benzene rings is 1. The Morgan fingerprint density at radius 2 is 1.81 bits per heavy atom. The van der Waals surface area contributed by atoms with Gasteiger partial charge < -0.3 is 14.5 Å². The van der Waals surface area contributed by atoms with Crippen LogP contribution in [0, 0.1) is 13.8 Å². The molecule has 1 aromatic carbocycles. The lowest BCUT2D eigenvalue weighted by Gasteiger charge is -2.33. The van der Waals surface area contributed by atoms with E-state index in [9.17, 15) is 13.2 Å². The van der Waals surface area contributed by atoms with Crippen LogP contribution in [-0.4, -0.2) is 69.5 Å². The molecule has 0 bridgehead atoms. The number of carbonyl (C=O) groups is 1. The fourth-order valence-electron chi connectivity index (χ4n) is 3.94. The number of hydrogen-bond donors (Lipinski definition) is 1. The van der Waals surface area contributed by atoms with Crippen molar-refractivity contribution >= 4 is 15.9 Å². The smallest absolute Gasteiger partial charge is 0.251 e. The van der Waals surface area contributed by atoms with Gasteiger partial charge in [0.05, 0.1) is 24.2 Å². The molecule has 1 aromatic heterocycles. The molecule has 0 saturated carbocycles. The van der Waals surface area contributed by atoms with Gasteiger partial charge in [0, 0.05) is 38.3 Å². The highest BCUT2D eigenvalue weighted by Gasteiger charge is 2.27. The molecule has 3 rings (SSSR count). The fourth-order valence-corrected chi connectivity index (χ4v) is 5.65. The summed E-state index contributed by atoms with van der Waals surface area (Å²) in [6.45, 7) is 11.1. The van der Waals surface area contributed by atoms with Crippen molar-refractivity contribution in [2.45, 2.75) is 38.6 Å². The third-order valence-corrected chi connectivity index (χ3v) is 8.00. The number of amides is 1. The number of carbonyl (C=O) groups excluding carboxylic acids is 1. The summed E-state index contributed by atoms with van der Waals surface area (Å²) < 4.78 is 38.7. The highest BCUT2D eigenvalue weighted by molar-refractivity contribution is 7.89. The maximum atomic E-state index is 13.0. The number of nitrogens with zero attached hydrogens (tertiary/aromatic N) is 2. The number of morpholine rings is 1. The van der Waals surface area contributed by atoms with Gasteiger partial charge in [0.2, 0.25) is 10.0 Å². The van der Waals surface area contributed by atoms with Gasteiger partial charge in [-0.1, -0.05) is 19.9 Å². The molecule has 0 spiro atoms. The lowest BCUT2D eigenvalue weighted by atomic mass is 10.1. The van der Waals surface area contributed by atoms with E-state index in [0.29, 0.717) is 44.0 Å². The van der Waals surface area contributed by atoms with Crippen LogP contribution in [0.25, 0.3) is 0 Å². The molecule has 1 aliphatic rings. The van der Waals surface area contributed by atoms with Gasteiger partial charge in [0.15, 0.2) is 0 Å².